The molecule has 168 valence electrons. The highest BCUT2D eigenvalue weighted by Gasteiger charge is 2.40. The highest BCUT2D eigenvalue weighted by atomic mass is 19.1. The lowest BCUT2D eigenvalue weighted by Crippen LogP contribution is -2.58. The molecule has 2 aromatic carbocycles. The van der Waals surface area contributed by atoms with Crippen LogP contribution >= 0.6 is 0 Å². The molecule has 0 unspecified atom stereocenters. The summed E-state index contributed by atoms with van der Waals surface area (Å²) in [4.78, 5) is 28.2. The molecule has 0 spiro atoms. The maximum absolute atomic E-state index is 13.8. The van der Waals surface area contributed by atoms with Crippen molar-refractivity contribution in [1.82, 2.24) is 9.80 Å². The number of hydrogen-bond acceptors (Lipinski definition) is 4. The summed E-state index contributed by atoms with van der Waals surface area (Å²) in [6.07, 6.45) is 1.36. The first-order valence-corrected chi connectivity index (χ1v) is 10.9. The molecule has 0 aromatic heterocycles. The number of piperidine rings is 1. The van der Waals surface area contributed by atoms with E-state index in [1.54, 1.807) is 12.1 Å². The van der Waals surface area contributed by atoms with E-state index in [4.69, 9.17) is 9.47 Å². The molecular formula is C24H24F2N2O4. The van der Waals surface area contributed by atoms with Crippen molar-refractivity contribution in [2.75, 3.05) is 32.8 Å². The van der Waals surface area contributed by atoms with Crippen LogP contribution in [0, 0.1) is 17.6 Å². The molecule has 3 fully saturated rings. The van der Waals surface area contributed by atoms with Gasteiger partial charge in [-0.15, -0.1) is 0 Å². The summed E-state index contributed by atoms with van der Waals surface area (Å²) in [6, 6.07) is 10.5. The van der Waals surface area contributed by atoms with Gasteiger partial charge >= 0.3 is 6.03 Å². The van der Waals surface area contributed by atoms with Gasteiger partial charge in [0.15, 0.2) is 17.3 Å². The van der Waals surface area contributed by atoms with E-state index in [2.05, 4.69) is 0 Å². The van der Waals surface area contributed by atoms with Crippen molar-refractivity contribution in [2.45, 2.75) is 24.9 Å². The van der Waals surface area contributed by atoms with Crippen LogP contribution in [0.5, 0.6) is 11.5 Å². The number of carbonyl (C=O) groups excluding carboxylic acids is 2. The molecule has 3 aliphatic rings. The highest BCUT2D eigenvalue weighted by Crippen LogP contribution is 2.33. The molecule has 3 aliphatic heterocycles. The molecule has 0 bridgehead atoms. The van der Waals surface area contributed by atoms with Gasteiger partial charge in [-0.25, -0.2) is 13.6 Å². The first-order valence-electron chi connectivity index (χ1n) is 10.9. The summed E-state index contributed by atoms with van der Waals surface area (Å²) in [7, 11) is 0. The molecule has 32 heavy (non-hydrogen) atoms. The number of carbonyl (C=O) groups is 2. The fourth-order valence-electron chi connectivity index (χ4n) is 4.69. The summed E-state index contributed by atoms with van der Waals surface area (Å²) < 4.78 is 37.9. The summed E-state index contributed by atoms with van der Waals surface area (Å²) >= 11 is 0. The summed E-state index contributed by atoms with van der Waals surface area (Å²) in [5.74, 6) is -0.543. The molecule has 0 N–H and O–H groups in total. The highest BCUT2D eigenvalue weighted by molar-refractivity contribution is 5.81. The minimum atomic E-state index is -0.754. The monoisotopic (exact) mass is 442 g/mol. The molecule has 0 aliphatic carbocycles. The second-order valence-corrected chi connectivity index (χ2v) is 8.72. The number of likely N-dealkylation sites (tertiary alicyclic amines) is 2. The van der Waals surface area contributed by atoms with E-state index in [0.29, 0.717) is 38.3 Å². The first-order chi connectivity index (χ1) is 15.5. The third-order valence-corrected chi connectivity index (χ3v) is 6.51. The van der Waals surface area contributed by atoms with E-state index in [9.17, 15) is 18.4 Å². The zero-order valence-corrected chi connectivity index (χ0v) is 17.5. The Bertz CT molecular complexity index is 1020. The lowest BCUT2D eigenvalue weighted by Gasteiger charge is -2.46. The van der Waals surface area contributed by atoms with Crippen LogP contribution in [0.25, 0.3) is 0 Å². The van der Waals surface area contributed by atoms with E-state index in [1.165, 1.54) is 6.07 Å². The number of ketones is 1. The number of urea groups is 1. The number of halogens is 2. The van der Waals surface area contributed by atoms with Gasteiger partial charge in [0.2, 0.25) is 0 Å². The number of amides is 2. The Labute approximate surface area is 184 Å². The van der Waals surface area contributed by atoms with E-state index in [1.807, 2.05) is 21.9 Å². The third-order valence-electron chi connectivity index (χ3n) is 6.51. The van der Waals surface area contributed by atoms with Crippen molar-refractivity contribution in [3.63, 3.8) is 0 Å². The van der Waals surface area contributed by atoms with Crippen LogP contribution in [0.3, 0.4) is 0 Å². The molecule has 0 radical (unpaired) electrons. The topological polar surface area (TPSA) is 59.1 Å². The van der Waals surface area contributed by atoms with Crippen LogP contribution in [0.15, 0.2) is 42.5 Å². The molecule has 8 heteroatoms. The van der Waals surface area contributed by atoms with Crippen molar-refractivity contribution in [3.8, 4) is 11.5 Å². The summed E-state index contributed by atoms with van der Waals surface area (Å²) in [5, 5.41) is 0. The second kappa shape index (κ2) is 8.50. The van der Waals surface area contributed by atoms with Gasteiger partial charge in [-0.1, -0.05) is 12.1 Å². The van der Waals surface area contributed by atoms with Gasteiger partial charge in [0.25, 0.3) is 0 Å². The molecule has 3 saturated heterocycles. The van der Waals surface area contributed by atoms with Crippen LogP contribution in [0.1, 0.15) is 24.3 Å². The van der Waals surface area contributed by atoms with Crippen molar-refractivity contribution in [3.05, 3.63) is 59.7 Å². The smallest absolute Gasteiger partial charge is 0.320 e. The zero-order chi connectivity index (χ0) is 22.2. The Kier molecular flexibility index (Phi) is 5.55. The number of rotatable bonds is 3. The van der Waals surface area contributed by atoms with Gasteiger partial charge in [-0.3, -0.25) is 4.79 Å². The third kappa shape index (κ3) is 4.19. The molecule has 3 heterocycles. The van der Waals surface area contributed by atoms with Crippen molar-refractivity contribution >= 4 is 11.8 Å². The maximum Gasteiger partial charge on any atom is 0.320 e. The maximum atomic E-state index is 13.8. The first kappa shape index (κ1) is 20.9. The number of fused-ring (bicyclic) bond motifs is 1. The number of hydrogen-bond donors (Lipinski definition) is 0. The summed E-state index contributed by atoms with van der Waals surface area (Å²) in [5.41, 5.74) is 1.07. The minimum Gasteiger partial charge on any atom is -0.454 e. The lowest BCUT2D eigenvalue weighted by atomic mass is 9.87. The van der Waals surface area contributed by atoms with Gasteiger partial charge in [0.05, 0.1) is 6.10 Å². The van der Waals surface area contributed by atoms with Gasteiger partial charge in [0, 0.05) is 50.5 Å². The Morgan fingerprint density at radius 3 is 2.56 bits per heavy atom. The Morgan fingerprint density at radius 1 is 1.03 bits per heavy atom. The molecule has 6 nitrogen and oxygen atoms in total. The van der Waals surface area contributed by atoms with Crippen LogP contribution in [0.2, 0.25) is 0 Å². The van der Waals surface area contributed by atoms with E-state index >= 15 is 0 Å². The second-order valence-electron chi connectivity index (χ2n) is 8.72. The normalized spacial score (nSPS) is 23.5. The number of benzene rings is 2. The van der Waals surface area contributed by atoms with Crippen molar-refractivity contribution in [2.24, 2.45) is 5.92 Å². The minimum absolute atomic E-state index is 0.0180. The molecule has 2 atom stereocenters. The predicted octanol–water partition coefficient (Wildman–Crippen LogP) is 3.96. The Balaban J connectivity index is 1.14. The molecular weight excluding hydrogens is 418 g/mol. The van der Waals surface area contributed by atoms with E-state index in [-0.39, 0.29) is 42.1 Å². The average molecular weight is 442 g/mol. The van der Waals surface area contributed by atoms with E-state index < -0.39 is 11.6 Å². The van der Waals surface area contributed by atoms with Gasteiger partial charge in [0.1, 0.15) is 18.2 Å². The largest absolute Gasteiger partial charge is 0.454 e. The number of ether oxygens (including phenoxy) is 2. The van der Waals surface area contributed by atoms with Crippen LogP contribution in [-0.2, 0) is 9.53 Å². The van der Waals surface area contributed by atoms with Crippen molar-refractivity contribution in [1.29, 1.82) is 0 Å². The zero-order valence-electron chi connectivity index (χ0n) is 17.5. The molecule has 2 aromatic rings. The number of Topliss-reactive ketones (excluding diaryl/α,β-unsaturated/α-hetero) is 1. The predicted molar refractivity (Wildman–Crippen MR) is 112 cm³/mol. The molecule has 0 saturated carbocycles. The van der Waals surface area contributed by atoms with Crippen LogP contribution in [-0.4, -0.2) is 60.5 Å². The van der Waals surface area contributed by atoms with Gasteiger partial charge < -0.3 is 19.3 Å². The standard InChI is InChI=1S/C24H24F2N2O4/c25-18-3-6-23(21(26)10-18)32-20-4-1-15(2-5-20)17-12-28(13-17)24(30)27-8-7-22-16(11-27)9-19(29)14-31-22/h1-6,10,16-17,22H,7-9,11-14H2/t16-,22+/m1/s1. The molecule has 5 rings (SSSR count). The van der Waals surface area contributed by atoms with Gasteiger partial charge in [-0.2, -0.15) is 0 Å². The quantitative estimate of drug-likeness (QED) is 0.722. The summed E-state index contributed by atoms with van der Waals surface area (Å²) in [6.45, 7) is 2.69. The van der Waals surface area contributed by atoms with Crippen molar-refractivity contribution < 1.29 is 27.8 Å². The fourth-order valence-corrected chi connectivity index (χ4v) is 4.69. The van der Waals surface area contributed by atoms with Crippen LogP contribution in [0.4, 0.5) is 13.6 Å². The van der Waals surface area contributed by atoms with Crippen LogP contribution < -0.4 is 4.74 Å². The Morgan fingerprint density at radius 2 is 1.81 bits per heavy atom. The Hall–Kier alpha value is -3.00. The van der Waals surface area contributed by atoms with E-state index in [0.717, 1.165) is 24.1 Å². The molecule has 2 amide bonds. The fraction of sp³-hybridized carbons (Fsp3) is 0.417. The number of nitrogens with zero attached hydrogens (tertiary/aromatic N) is 2. The SMILES string of the molecule is O=C1CO[C@H]2CCN(C(=O)N3CC(c4ccc(Oc5ccc(F)cc5F)cc4)C3)C[C@H]2C1. The lowest BCUT2D eigenvalue weighted by molar-refractivity contribution is -0.140. The average Bonchev–Trinajstić information content (AvgIpc) is 2.75. The van der Waals surface area contributed by atoms with Gasteiger partial charge in [-0.05, 0) is 36.2 Å².